The fraction of sp³-hybridized carbons (Fsp3) is 0.455. The summed E-state index contributed by atoms with van der Waals surface area (Å²) < 4.78 is 5.81. The summed E-state index contributed by atoms with van der Waals surface area (Å²) >= 11 is 0. The first kappa shape index (κ1) is 25.0. The van der Waals surface area contributed by atoms with E-state index >= 15 is 0 Å². The number of allylic oxidation sites excluding steroid dienone is 3. The average molecular weight is 484 g/mol. The first-order chi connectivity index (χ1) is 17.2. The molecule has 1 saturated heterocycles. The highest BCUT2D eigenvalue weighted by Crippen LogP contribution is 2.53. The molecule has 1 unspecified atom stereocenters. The zero-order chi connectivity index (χ0) is 25.4. The highest BCUT2D eigenvalue weighted by atomic mass is 16.5. The maximum absolute atomic E-state index is 10.1. The summed E-state index contributed by atoms with van der Waals surface area (Å²) in [5.74, 6) is 0.318. The molecule has 3 nitrogen and oxygen atoms in total. The van der Waals surface area contributed by atoms with Crippen LogP contribution in [0.4, 0.5) is 0 Å². The average Bonchev–Trinajstić information content (AvgIpc) is 2.85. The van der Waals surface area contributed by atoms with Crippen LogP contribution in [-0.4, -0.2) is 41.8 Å². The second-order valence-electron chi connectivity index (χ2n) is 12.5. The Hall–Kier alpha value is -2.62. The predicted molar refractivity (Wildman–Crippen MR) is 150 cm³/mol. The van der Waals surface area contributed by atoms with E-state index in [4.69, 9.17) is 4.74 Å². The maximum atomic E-state index is 10.1. The summed E-state index contributed by atoms with van der Waals surface area (Å²) in [6.07, 6.45) is 11.6. The molecule has 3 aliphatic rings. The Labute approximate surface area is 217 Å². The van der Waals surface area contributed by atoms with E-state index in [1.165, 1.54) is 28.7 Å². The van der Waals surface area contributed by atoms with Gasteiger partial charge in [-0.2, -0.15) is 0 Å². The summed E-state index contributed by atoms with van der Waals surface area (Å²) in [6, 6.07) is 18.6. The molecule has 0 bridgehead atoms. The van der Waals surface area contributed by atoms with Crippen molar-refractivity contribution in [1.29, 1.82) is 0 Å². The molecule has 1 atom stereocenters. The molecule has 2 aromatic rings. The van der Waals surface area contributed by atoms with Gasteiger partial charge in [-0.05, 0) is 70.9 Å². The van der Waals surface area contributed by atoms with Gasteiger partial charge in [-0.15, -0.1) is 0 Å². The Morgan fingerprint density at radius 1 is 0.861 bits per heavy atom. The Morgan fingerprint density at radius 2 is 1.50 bits per heavy atom. The first-order valence-electron chi connectivity index (χ1n) is 13.5. The lowest BCUT2D eigenvalue weighted by atomic mass is 9.60. The number of hydrogen-bond acceptors (Lipinski definition) is 3. The summed E-state index contributed by atoms with van der Waals surface area (Å²) in [5.41, 5.74) is 7.03. The van der Waals surface area contributed by atoms with E-state index in [0.717, 1.165) is 45.6 Å². The van der Waals surface area contributed by atoms with Crippen molar-refractivity contribution in [3.63, 3.8) is 0 Å². The molecule has 0 spiro atoms. The second-order valence-corrected chi connectivity index (χ2v) is 12.5. The van der Waals surface area contributed by atoms with Gasteiger partial charge in [-0.3, -0.25) is 4.90 Å². The van der Waals surface area contributed by atoms with Crippen molar-refractivity contribution in [2.45, 2.75) is 58.9 Å². The number of aromatic hydroxyl groups is 1. The molecule has 190 valence electrons. The summed E-state index contributed by atoms with van der Waals surface area (Å²) in [6.45, 7) is 13.1. The van der Waals surface area contributed by atoms with E-state index in [1.807, 2.05) is 12.1 Å². The molecular formula is C33H41NO2. The number of phenolic OH excluding ortho intramolecular Hbond substituents is 1. The van der Waals surface area contributed by atoms with Crippen LogP contribution in [-0.2, 0) is 4.74 Å². The topological polar surface area (TPSA) is 32.7 Å². The van der Waals surface area contributed by atoms with Crippen LogP contribution in [0.15, 0.2) is 78.4 Å². The van der Waals surface area contributed by atoms with Gasteiger partial charge < -0.3 is 9.84 Å². The highest BCUT2D eigenvalue weighted by molar-refractivity contribution is 5.84. The minimum atomic E-state index is -0.238. The zero-order valence-corrected chi connectivity index (χ0v) is 22.4. The molecule has 5 rings (SSSR count). The molecule has 1 N–H and O–H groups in total. The van der Waals surface area contributed by atoms with Gasteiger partial charge >= 0.3 is 0 Å². The third-order valence-electron chi connectivity index (χ3n) is 8.14. The van der Waals surface area contributed by atoms with Crippen LogP contribution in [0, 0.1) is 10.8 Å². The number of morpholine rings is 1. The van der Waals surface area contributed by atoms with Crippen LogP contribution < -0.4 is 0 Å². The molecule has 36 heavy (non-hydrogen) atoms. The van der Waals surface area contributed by atoms with E-state index in [0.29, 0.717) is 5.75 Å². The summed E-state index contributed by atoms with van der Waals surface area (Å²) in [7, 11) is 0. The minimum Gasteiger partial charge on any atom is -0.508 e. The van der Waals surface area contributed by atoms with Crippen molar-refractivity contribution < 1.29 is 9.84 Å². The minimum absolute atomic E-state index is 0.238. The lowest BCUT2D eigenvalue weighted by Crippen LogP contribution is -2.54. The molecule has 3 heteroatoms. The van der Waals surface area contributed by atoms with Gasteiger partial charge in [-0.1, -0.05) is 94.0 Å². The van der Waals surface area contributed by atoms with E-state index in [9.17, 15) is 5.11 Å². The smallest absolute Gasteiger partial charge is 0.115 e. The number of phenols is 1. The number of nitrogens with zero attached hydrogens (tertiary/aromatic N) is 1. The molecule has 1 saturated carbocycles. The van der Waals surface area contributed by atoms with Crippen LogP contribution in [0.1, 0.15) is 64.5 Å². The second kappa shape index (κ2) is 9.68. The van der Waals surface area contributed by atoms with E-state index in [2.05, 4.69) is 93.3 Å². The maximum Gasteiger partial charge on any atom is 0.115 e. The third-order valence-corrected chi connectivity index (χ3v) is 8.14. The van der Waals surface area contributed by atoms with Crippen LogP contribution >= 0.6 is 0 Å². The highest BCUT2D eigenvalue weighted by Gasteiger charge is 2.45. The zero-order valence-electron chi connectivity index (χ0n) is 22.4. The van der Waals surface area contributed by atoms with Gasteiger partial charge in [0, 0.05) is 13.1 Å². The molecular weight excluding hydrogens is 442 g/mol. The quantitative estimate of drug-likeness (QED) is 0.489. The van der Waals surface area contributed by atoms with Crippen LogP contribution in [0.25, 0.3) is 11.1 Å². The summed E-state index contributed by atoms with van der Waals surface area (Å²) in [5, 5.41) is 10.1. The van der Waals surface area contributed by atoms with Gasteiger partial charge in [0.05, 0.1) is 18.8 Å². The monoisotopic (exact) mass is 483 g/mol. The van der Waals surface area contributed by atoms with E-state index in [1.54, 1.807) is 5.57 Å². The number of rotatable bonds is 4. The van der Waals surface area contributed by atoms with E-state index < -0.39 is 0 Å². The van der Waals surface area contributed by atoms with Crippen molar-refractivity contribution >= 4 is 11.1 Å². The molecule has 0 amide bonds. The Bertz CT molecular complexity index is 1150. The van der Waals surface area contributed by atoms with Gasteiger partial charge in [-0.25, -0.2) is 0 Å². The van der Waals surface area contributed by atoms with Gasteiger partial charge in [0.2, 0.25) is 0 Å². The Kier molecular flexibility index (Phi) is 6.74. The predicted octanol–water partition coefficient (Wildman–Crippen LogP) is 7.50. The first-order valence-corrected chi connectivity index (χ1v) is 13.5. The lowest BCUT2D eigenvalue weighted by Gasteiger charge is -2.50. The van der Waals surface area contributed by atoms with Crippen molar-refractivity contribution in [2.75, 3.05) is 26.3 Å². The molecule has 2 aliphatic carbocycles. The van der Waals surface area contributed by atoms with E-state index in [-0.39, 0.29) is 16.4 Å². The largest absolute Gasteiger partial charge is 0.508 e. The van der Waals surface area contributed by atoms with Gasteiger partial charge in [0.1, 0.15) is 5.75 Å². The molecule has 0 aromatic heterocycles. The molecule has 2 aromatic carbocycles. The standard InChI is InChI=1S/C33H41NO2/c1-31(2)22-28(23-32(3,4)24-31)30(27-10-12-29(35)13-11-27)33(34-18-20-36-21-19-34)16-14-26(15-17-33)25-8-6-5-7-9-25/h5-16,35H,17-24H2,1-4H3. The van der Waals surface area contributed by atoms with Gasteiger partial charge in [0.15, 0.2) is 0 Å². The summed E-state index contributed by atoms with van der Waals surface area (Å²) in [4.78, 5) is 2.65. The number of hydrogen-bond donors (Lipinski definition) is 1. The molecule has 0 radical (unpaired) electrons. The van der Waals surface area contributed by atoms with Gasteiger partial charge in [0.25, 0.3) is 0 Å². The Balaban J connectivity index is 1.69. The Morgan fingerprint density at radius 3 is 2.08 bits per heavy atom. The number of ether oxygens (including phenoxy) is 1. The normalized spacial score (nSPS) is 25.9. The SMILES string of the molecule is CC1(C)CC(=C(c2ccc(O)cc2)C2(N3CCOCC3)C=CC(c3ccccc3)=CC2)CC(C)(C)C1. The van der Waals surface area contributed by atoms with Crippen LogP contribution in [0.3, 0.4) is 0 Å². The fourth-order valence-electron chi connectivity index (χ4n) is 7.22. The van der Waals surface area contributed by atoms with Crippen molar-refractivity contribution in [3.05, 3.63) is 89.5 Å². The fourth-order valence-corrected chi connectivity index (χ4v) is 7.22. The molecule has 1 aliphatic heterocycles. The molecule has 2 fully saturated rings. The third kappa shape index (κ3) is 5.10. The number of benzene rings is 2. The molecule has 1 heterocycles. The van der Waals surface area contributed by atoms with Crippen molar-refractivity contribution in [3.8, 4) is 5.75 Å². The van der Waals surface area contributed by atoms with Crippen molar-refractivity contribution in [2.24, 2.45) is 10.8 Å². The van der Waals surface area contributed by atoms with Crippen molar-refractivity contribution in [1.82, 2.24) is 4.90 Å². The lowest BCUT2D eigenvalue weighted by molar-refractivity contribution is 0.0103. The van der Waals surface area contributed by atoms with Crippen LogP contribution in [0.2, 0.25) is 0 Å². The van der Waals surface area contributed by atoms with Crippen LogP contribution in [0.5, 0.6) is 5.75 Å².